The van der Waals surface area contributed by atoms with Crippen molar-refractivity contribution in [3.8, 4) is 0 Å². The standard InChI is InChI=1S/C18H21N5O4/c1-12-19-18(21-20-12)14-4-3-9-22(11-14)15-7-5-13(6-8-17(24)27-2)10-16(15)23(25)26/h5-8,10,14H,3-4,9,11H2,1-2H3,(H,19,20,21)/b8-6+. The van der Waals surface area contributed by atoms with Crippen molar-refractivity contribution in [1.82, 2.24) is 15.2 Å². The van der Waals surface area contributed by atoms with Crippen LogP contribution in [0.3, 0.4) is 0 Å². The van der Waals surface area contributed by atoms with E-state index < -0.39 is 10.9 Å². The van der Waals surface area contributed by atoms with Crippen molar-refractivity contribution in [3.05, 3.63) is 51.6 Å². The molecule has 1 aromatic carbocycles. The van der Waals surface area contributed by atoms with Crippen LogP contribution in [0.1, 0.15) is 36.0 Å². The van der Waals surface area contributed by atoms with Gasteiger partial charge in [0.05, 0.1) is 12.0 Å². The fourth-order valence-electron chi connectivity index (χ4n) is 3.24. The van der Waals surface area contributed by atoms with Crippen LogP contribution in [0.25, 0.3) is 6.08 Å². The predicted molar refractivity (Wildman–Crippen MR) is 99.5 cm³/mol. The minimum atomic E-state index is -0.512. The summed E-state index contributed by atoms with van der Waals surface area (Å²) in [6, 6.07) is 4.94. The molecule has 0 bridgehead atoms. The molecule has 1 aromatic heterocycles. The van der Waals surface area contributed by atoms with Gasteiger partial charge in [-0.3, -0.25) is 15.2 Å². The number of nitrogens with one attached hydrogen (secondary N) is 1. The van der Waals surface area contributed by atoms with Crippen molar-refractivity contribution < 1.29 is 14.5 Å². The number of benzene rings is 1. The van der Waals surface area contributed by atoms with Crippen molar-refractivity contribution in [2.75, 3.05) is 25.1 Å². The molecule has 1 aliphatic heterocycles. The summed E-state index contributed by atoms with van der Waals surface area (Å²) in [6.45, 7) is 3.20. The highest BCUT2D eigenvalue weighted by Gasteiger charge is 2.28. The predicted octanol–water partition coefficient (Wildman–Crippen LogP) is 2.59. The second kappa shape index (κ2) is 7.98. The van der Waals surface area contributed by atoms with Gasteiger partial charge in [-0.25, -0.2) is 9.78 Å². The van der Waals surface area contributed by atoms with E-state index in [0.717, 1.165) is 31.0 Å². The molecule has 2 heterocycles. The van der Waals surface area contributed by atoms with Crippen molar-refractivity contribution in [1.29, 1.82) is 0 Å². The van der Waals surface area contributed by atoms with Gasteiger partial charge < -0.3 is 9.64 Å². The number of ether oxygens (including phenoxy) is 1. The molecule has 27 heavy (non-hydrogen) atoms. The van der Waals surface area contributed by atoms with Crippen LogP contribution in [-0.4, -0.2) is 46.3 Å². The molecule has 0 amide bonds. The second-order valence-electron chi connectivity index (χ2n) is 6.43. The van der Waals surface area contributed by atoms with Crippen LogP contribution in [0.5, 0.6) is 0 Å². The third kappa shape index (κ3) is 4.30. The largest absolute Gasteiger partial charge is 0.466 e. The Morgan fingerprint density at radius 3 is 2.96 bits per heavy atom. The highest BCUT2D eigenvalue weighted by Crippen LogP contribution is 2.34. The zero-order valence-corrected chi connectivity index (χ0v) is 15.2. The Hall–Kier alpha value is -3.23. The first-order valence-corrected chi connectivity index (χ1v) is 8.66. The van der Waals surface area contributed by atoms with E-state index in [9.17, 15) is 14.9 Å². The lowest BCUT2D eigenvalue weighted by Gasteiger charge is -2.32. The van der Waals surface area contributed by atoms with E-state index in [0.29, 0.717) is 17.8 Å². The molecular weight excluding hydrogens is 350 g/mol. The van der Waals surface area contributed by atoms with Gasteiger partial charge in [0.15, 0.2) is 5.82 Å². The van der Waals surface area contributed by atoms with Crippen molar-refractivity contribution in [2.45, 2.75) is 25.7 Å². The average molecular weight is 371 g/mol. The fraction of sp³-hybridized carbons (Fsp3) is 0.389. The number of H-pyrrole nitrogens is 1. The van der Waals surface area contributed by atoms with Crippen molar-refractivity contribution in [3.63, 3.8) is 0 Å². The zero-order valence-electron chi connectivity index (χ0n) is 15.2. The summed E-state index contributed by atoms with van der Waals surface area (Å²) in [7, 11) is 1.28. The molecule has 1 N–H and O–H groups in total. The van der Waals surface area contributed by atoms with E-state index >= 15 is 0 Å². The number of hydrogen-bond acceptors (Lipinski definition) is 7. The van der Waals surface area contributed by atoms with Gasteiger partial charge in [0.1, 0.15) is 11.5 Å². The molecule has 0 aliphatic carbocycles. The first-order chi connectivity index (χ1) is 13.0. The summed E-state index contributed by atoms with van der Waals surface area (Å²) < 4.78 is 4.54. The van der Waals surface area contributed by atoms with Gasteiger partial charge in [-0.1, -0.05) is 6.07 Å². The van der Waals surface area contributed by atoms with Gasteiger partial charge in [0.25, 0.3) is 5.69 Å². The van der Waals surface area contributed by atoms with E-state index in [1.54, 1.807) is 12.1 Å². The number of carbonyl (C=O) groups excluding carboxylic acids is 1. The third-order valence-corrected chi connectivity index (χ3v) is 4.55. The second-order valence-corrected chi connectivity index (χ2v) is 6.43. The monoisotopic (exact) mass is 371 g/mol. The minimum absolute atomic E-state index is 0.00818. The minimum Gasteiger partial charge on any atom is -0.466 e. The number of aromatic nitrogens is 3. The Bertz CT molecular complexity index is 876. The fourth-order valence-corrected chi connectivity index (χ4v) is 3.24. The molecule has 9 heteroatoms. The number of nitro benzene ring substituents is 1. The molecule has 0 spiro atoms. The first kappa shape index (κ1) is 18.6. The van der Waals surface area contributed by atoms with Crippen molar-refractivity contribution in [2.24, 2.45) is 0 Å². The topological polar surface area (TPSA) is 114 Å². The number of esters is 1. The molecule has 1 saturated heterocycles. The highest BCUT2D eigenvalue weighted by atomic mass is 16.6. The van der Waals surface area contributed by atoms with Gasteiger partial charge in [-0.15, -0.1) is 0 Å². The number of nitro groups is 1. The lowest BCUT2D eigenvalue weighted by atomic mass is 9.96. The van der Waals surface area contributed by atoms with Gasteiger partial charge in [-0.05, 0) is 37.5 Å². The number of rotatable bonds is 5. The molecule has 1 fully saturated rings. The van der Waals surface area contributed by atoms with Crippen LogP contribution < -0.4 is 4.90 Å². The van der Waals surface area contributed by atoms with Gasteiger partial charge in [0.2, 0.25) is 0 Å². The molecule has 0 saturated carbocycles. The SMILES string of the molecule is COC(=O)/C=C/c1ccc(N2CCCC(c3n[nH]c(C)n3)C2)c([N+](=O)[O-])c1. The molecule has 1 unspecified atom stereocenters. The number of carbonyl (C=O) groups is 1. The number of hydrogen-bond donors (Lipinski definition) is 1. The summed E-state index contributed by atoms with van der Waals surface area (Å²) in [5.74, 6) is 1.12. The quantitative estimate of drug-likeness (QED) is 0.372. The number of aryl methyl sites for hydroxylation is 1. The third-order valence-electron chi connectivity index (χ3n) is 4.55. The summed E-state index contributed by atoms with van der Waals surface area (Å²) in [5.41, 5.74) is 1.13. The van der Waals surface area contributed by atoms with E-state index in [-0.39, 0.29) is 11.6 Å². The molecule has 142 valence electrons. The Morgan fingerprint density at radius 2 is 2.30 bits per heavy atom. The summed E-state index contributed by atoms with van der Waals surface area (Å²) in [4.78, 5) is 28.8. The number of anilines is 1. The smallest absolute Gasteiger partial charge is 0.330 e. The summed E-state index contributed by atoms with van der Waals surface area (Å²) in [5, 5.41) is 18.7. The van der Waals surface area contributed by atoms with Gasteiger partial charge in [0, 0.05) is 31.1 Å². The number of aromatic amines is 1. The Labute approximate surface area is 156 Å². The van der Waals surface area contributed by atoms with Crippen LogP contribution in [0.15, 0.2) is 24.3 Å². The van der Waals surface area contributed by atoms with E-state index in [4.69, 9.17) is 0 Å². The van der Waals surface area contributed by atoms with Gasteiger partial charge >= 0.3 is 5.97 Å². The molecule has 2 aromatic rings. The van der Waals surface area contributed by atoms with E-state index in [2.05, 4.69) is 19.9 Å². The van der Waals surface area contributed by atoms with Gasteiger partial charge in [-0.2, -0.15) is 5.10 Å². The number of piperidine rings is 1. The maximum atomic E-state index is 11.6. The lowest BCUT2D eigenvalue weighted by Crippen LogP contribution is -2.35. The molecule has 0 radical (unpaired) electrons. The zero-order chi connectivity index (χ0) is 19.4. The Kier molecular flexibility index (Phi) is 5.49. The van der Waals surface area contributed by atoms with Crippen LogP contribution in [-0.2, 0) is 9.53 Å². The average Bonchev–Trinajstić information content (AvgIpc) is 3.12. The van der Waals surface area contributed by atoms with E-state index in [1.165, 1.54) is 25.3 Å². The first-order valence-electron chi connectivity index (χ1n) is 8.66. The van der Waals surface area contributed by atoms with Crippen LogP contribution in [0.2, 0.25) is 0 Å². The Balaban J connectivity index is 1.85. The Morgan fingerprint density at radius 1 is 1.48 bits per heavy atom. The molecule has 3 rings (SSSR count). The maximum absolute atomic E-state index is 11.6. The molecular formula is C18H21N5O4. The summed E-state index contributed by atoms with van der Waals surface area (Å²) in [6.07, 6.45) is 4.58. The van der Waals surface area contributed by atoms with Crippen LogP contribution in [0.4, 0.5) is 11.4 Å². The maximum Gasteiger partial charge on any atom is 0.330 e. The number of nitrogens with zero attached hydrogens (tertiary/aromatic N) is 4. The summed E-state index contributed by atoms with van der Waals surface area (Å²) >= 11 is 0. The number of methoxy groups -OCH3 is 1. The van der Waals surface area contributed by atoms with Crippen LogP contribution >= 0.6 is 0 Å². The lowest BCUT2D eigenvalue weighted by molar-refractivity contribution is -0.384. The normalized spacial score (nSPS) is 17.3. The molecule has 9 nitrogen and oxygen atoms in total. The highest BCUT2D eigenvalue weighted by molar-refractivity contribution is 5.87. The van der Waals surface area contributed by atoms with Crippen LogP contribution in [0, 0.1) is 17.0 Å². The van der Waals surface area contributed by atoms with E-state index in [1.807, 2.05) is 11.8 Å². The van der Waals surface area contributed by atoms with Crippen molar-refractivity contribution >= 4 is 23.4 Å². The molecule has 1 atom stereocenters. The molecule has 1 aliphatic rings.